The zero-order valence-electron chi connectivity index (χ0n) is 12.1. The smallest absolute Gasteiger partial charge is 0.166 e. The molecule has 0 bridgehead atoms. The summed E-state index contributed by atoms with van der Waals surface area (Å²) < 4.78 is 41.2. The van der Waals surface area contributed by atoms with Crippen LogP contribution < -0.4 is 0 Å². The zero-order chi connectivity index (χ0) is 16.6. The molecular weight excluding hydrogens is 389 g/mol. The Labute approximate surface area is 146 Å². The number of fused-ring (bicyclic) bond motifs is 1. The van der Waals surface area contributed by atoms with Gasteiger partial charge in [0.15, 0.2) is 0 Å². The maximum absolute atomic E-state index is 13.5. The van der Waals surface area contributed by atoms with Gasteiger partial charge in [0.05, 0.1) is 5.57 Å². The highest BCUT2D eigenvalue weighted by Gasteiger charge is 2.40. The van der Waals surface area contributed by atoms with Crippen LogP contribution in [0.3, 0.4) is 0 Å². The molecule has 0 fully saturated rings. The molecule has 0 saturated heterocycles. The Hall–Kier alpha value is -1.26. The maximum atomic E-state index is 13.5. The zero-order valence-corrected chi connectivity index (χ0v) is 14.4. The lowest BCUT2D eigenvalue weighted by Gasteiger charge is -2.12. The Kier molecular flexibility index (Phi) is 4.56. The Balaban J connectivity index is 1.88. The number of hydrogen-bond acceptors (Lipinski definition) is 0. The van der Waals surface area contributed by atoms with Crippen LogP contribution in [0.5, 0.6) is 0 Å². The van der Waals surface area contributed by atoms with E-state index >= 15 is 0 Å². The molecule has 0 amide bonds. The van der Waals surface area contributed by atoms with Gasteiger partial charge in [0.25, 0.3) is 0 Å². The van der Waals surface area contributed by atoms with Gasteiger partial charge in [-0.1, -0.05) is 51.3 Å². The van der Waals surface area contributed by atoms with Crippen LogP contribution in [0, 0.1) is 0 Å². The molecule has 2 aromatic carbocycles. The molecule has 1 aliphatic carbocycles. The van der Waals surface area contributed by atoms with Crippen molar-refractivity contribution < 1.29 is 13.2 Å². The summed E-state index contributed by atoms with van der Waals surface area (Å²) in [7, 11) is 0. The van der Waals surface area contributed by atoms with Crippen LogP contribution in [0.2, 0.25) is 5.02 Å². The van der Waals surface area contributed by atoms with E-state index in [1.165, 1.54) is 0 Å². The predicted molar refractivity (Wildman–Crippen MR) is 90.6 cm³/mol. The van der Waals surface area contributed by atoms with Crippen LogP contribution in [0.4, 0.5) is 13.2 Å². The Morgan fingerprint density at radius 1 is 1.00 bits per heavy atom. The van der Waals surface area contributed by atoms with Crippen molar-refractivity contribution in [1.82, 2.24) is 0 Å². The summed E-state index contributed by atoms with van der Waals surface area (Å²) in [6.07, 6.45) is -3.00. The number of allylic oxidation sites excluding steroid dienone is 2. The van der Waals surface area contributed by atoms with Gasteiger partial charge in [-0.15, -0.1) is 0 Å². The van der Waals surface area contributed by atoms with Crippen LogP contribution in [-0.4, -0.2) is 6.18 Å². The van der Waals surface area contributed by atoms with E-state index in [9.17, 15) is 13.2 Å². The molecule has 0 heterocycles. The summed E-state index contributed by atoms with van der Waals surface area (Å²) in [5, 5.41) is 0.627. The van der Waals surface area contributed by atoms with Gasteiger partial charge in [0.1, 0.15) is 0 Å². The van der Waals surface area contributed by atoms with Gasteiger partial charge in [-0.2, -0.15) is 13.2 Å². The normalized spacial score (nSPS) is 14.3. The molecule has 120 valence electrons. The Morgan fingerprint density at radius 3 is 2.35 bits per heavy atom. The van der Waals surface area contributed by atoms with Crippen LogP contribution in [0.25, 0.3) is 5.57 Å². The molecule has 0 radical (unpaired) electrons. The van der Waals surface area contributed by atoms with E-state index in [-0.39, 0.29) is 0 Å². The Bertz CT molecular complexity index is 761. The van der Waals surface area contributed by atoms with Crippen molar-refractivity contribution >= 4 is 33.1 Å². The number of benzene rings is 2. The topological polar surface area (TPSA) is 0 Å². The van der Waals surface area contributed by atoms with Crippen LogP contribution >= 0.6 is 27.5 Å². The second kappa shape index (κ2) is 6.33. The van der Waals surface area contributed by atoms with E-state index in [1.807, 2.05) is 12.1 Å². The van der Waals surface area contributed by atoms with E-state index in [4.69, 9.17) is 11.6 Å². The van der Waals surface area contributed by atoms with Gasteiger partial charge in [0.2, 0.25) is 0 Å². The summed E-state index contributed by atoms with van der Waals surface area (Å²) in [4.78, 5) is 0. The number of hydrogen-bond donors (Lipinski definition) is 0. The molecule has 5 heteroatoms. The van der Waals surface area contributed by atoms with Crippen molar-refractivity contribution in [3.8, 4) is 0 Å². The van der Waals surface area contributed by atoms with E-state index in [0.717, 1.165) is 15.6 Å². The monoisotopic (exact) mass is 400 g/mol. The third-order valence-corrected chi connectivity index (χ3v) is 4.75. The molecule has 0 aliphatic heterocycles. The van der Waals surface area contributed by atoms with Crippen molar-refractivity contribution in [3.05, 3.63) is 74.2 Å². The van der Waals surface area contributed by atoms with Crippen LogP contribution in [0.15, 0.2) is 52.5 Å². The average molecular weight is 402 g/mol. The van der Waals surface area contributed by atoms with Gasteiger partial charge in [-0.25, -0.2) is 0 Å². The van der Waals surface area contributed by atoms with Crippen molar-refractivity contribution in [2.75, 3.05) is 0 Å². The first-order chi connectivity index (χ1) is 10.8. The third-order valence-electron chi connectivity index (χ3n) is 4.01. The minimum absolute atomic E-state index is 0.312. The molecule has 0 spiro atoms. The minimum atomic E-state index is -4.32. The number of halogens is 5. The van der Waals surface area contributed by atoms with Crippen molar-refractivity contribution in [1.29, 1.82) is 0 Å². The molecule has 2 aromatic rings. The van der Waals surface area contributed by atoms with Gasteiger partial charge < -0.3 is 0 Å². The van der Waals surface area contributed by atoms with E-state index < -0.39 is 11.7 Å². The molecule has 3 rings (SSSR count). The van der Waals surface area contributed by atoms with E-state index in [1.54, 1.807) is 30.3 Å². The predicted octanol–water partition coefficient (Wildman–Crippen LogP) is 6.61. The third kappa shape index (κ3) is 3.64. The fourth-order valence-corrected chi connectivity index (χ4v) is 3.51. The molecule has 0 atom stereocenters. The molecule has 0 saturated carbocycles. The Morgan fingerprint density at radius 2 is 1.70 bits per heavy atom. The molecular formula is C18H13BrClF3. The number of aryl methyl sites for hydroxylation is 1. The number of rotatable bonds is 3. The highest BCUT2D eigenvalue weighted by atomic mass is 79.9. The maximum Gasteiger partial charge on any atom is 0.416 e. The average Bonchev–Trinajstić information content (AvgIpc) is 2.84. The first-order valence-corrected chi connectivity index (χ1v) is 8.34. The second-order valence-electron chi connectivity index (χ2n) is 5.58. The number of alkyl halides is 3. The molecule has 0 N–H and O–H groups in total. The molecule has 23 heavy (non-hydrogen) atoms. The SMILES string of the molecule is FC(F)(F)C1=C(CCc2ccc(Cl)cc2)Cc2cc(Br)ccc21. The summed E-state index contributed by atoms with van der Waals surface area (Å²) in [5.74, 6) is 0. The quantitative estimate of drug-likeness (QED) is 0.543. The summed E-state index contributed by atoms with van der Waals surface area (Å²) in [6, 6.07) is 12.2. The largest absolute Gasteiger partial charge is 0.416 e. The van der Waals surface area contributed by atoms with Crippen molar-refractivity contribution in [2.24, 2.45) is 0 Å². The first kappa shape index (κ1) is 16.6. The second-order valence-corrected chi connectivity index (χ2v) is 6.93. The van der Waals surface area contributed by atoms with Crippen LogP contribution in [0.1, 0.15) is 23.1 Å². The van der Waals surface area contributed by atoms with Crippen molar-refractivity contribution in [3.63, 3.8) is 0 Å². The first-order valence-electron chi connectivity index (χ1n) is 7.17. The molecule has 0 unspecified atom stereocenters. The van der Waals surface area contributed by atoms with Gasteiger partial charge in [-0.05, 0) is 60.2 Å². The van der Waals surface area contributed by atoms with Crippen molar-refractivity contribution in [2.45, 2.75) is 25.4 Å². The summed E-state index contributed by atoms with van der Waals surface area (Å²) >= 11 is 9.16. The fourth-order valence-electron chi connectivity index (χ4n) is 2.97. The van der Waals surface area contributed by atoms with E-state index in [0.29, 0.717) is 35.4 Å². The van der Waals surface area contributed by atoms with Gasteiger partial charge >= 0.3 is 6.18 Å². The lowest BCUT2D eigenvalue weighted by atomic mass is 10.00. The molecule has 0 nitrogen and oxygen atoms in total. The van der Waals surface area contributed by atoms with Gasteiger partial charge in [0, 0.05) is 9.50 Å². The van der Waals surface area contributed by atoms with E-state index in [2.05, 4.69) is 15.9 Å². The molecule has 0 aromatic heterocycles. The lowest BCUT2D eigenvalue weighted by molar-refractivity contribution is -0.0692. The lowest BCUT2D eigenvalue weighted by Crippen LogP contribution is -2.11. The standard InChI is InChI=1S/C18H13BrClF3/c19-14-5-8-16-13(10-14)9-12(17(16)18(21,22)23)4-1-11-2-6-15(20)7-3-11/h2-3,5-8,10H,1,4,9H2. The highest BCUT2D eigenvalue weighted by molar-refractivity contribution is 9.10. The van der Waals surface area contributed by atoms with Gasteiger partial charge in [-0.3, -0.25) is 0 Å². The highest BCUT2D eigenvalue weighted by Crippen LogP contribution is 2.45. The fraction of sp³-hybridized carbons (Fsp3) is 0.222. The summed E-state index contributed by atoms with van der Waals surface area (Å²) in [5.41, 5.74) is 2.03. The minimum Gasteiger partial charge on any atom is -0.166 e. The van der Waals surface area contributed by atoms with Crippen LogP contribution in [-0.2, 0) is 12.8 Å². The molecule has 1 aliphatic rings. The summed E-state index contributed by atoms with van der Waals surface area (Å²) in [6.45, 7) is 0.